The van der Waals surface area contributed by atoms with Gasteiger partial charge in [0.1, 0.15) is 0 Å². The van der Waals surface area contributed by atoms with Crippen LogP contribution in [0, 0.1) is 6.92 Å². The van der Waals surface area contributed by atoms with E-state index >= 15 is 0 Å². The van der Waals surface area contributed by atoms with Gasteiger partial charge in [-0.15, -0.1) is 0 Å². The monoisotopic (exact) mass is 260 g/mol. The molecule has 0 radical (unpaired) electrons. The van der Waals surface area contributed by atoms with Crippen LogP contribution in [0.25, 0.3) is 0 Å². The molecule has 1 aromatic rings. The number of amides is 1. The van der Waals surface area contributed by atoms with Crippen LogP contribution in [0.2, 0.25) is 0 Å². The van der Waals surface area contributed by atoms with Gasteiger partial charge in [-0.1, -0.05) is 36.2 Å². The molecule has 3 nitrogen and oxygen atoms in total. The van der Waals surface area contributed by atoms with Crippen LogP contribution >= 0.6 is 0 Å². The summed E-state index contributed by atoms with van der Waals surface area (Å²) in [6.07, 6.45) is 5.12. The second kappa shape index (κ2) is 7.29. The normalized spacial score (nSPS) is 19.1. The highest BCUT2D eigenvalue weighted by atomic mass is 16.1. The molecule has 0 spiro atoms. The molecule has 1 aromatic carbocycles. The molecule has 19 heavy (non-hydrogen) atoms. The molecule has 1 unspecified atom stereocenters. The third-order valence-electron chi connectivity index (χ3n) is 3.72. The Hall–Kier alpha value is -1.35. The van der Waals surface area contributed by atoms with E-state index in [1.54, 1.807) is 0 Å². The lowest BCUT2D eigenvalue weighted by molar-refractivity contribution is -0.121. The topological polar surface area (TPSA) is 41.1 Å². The lowest BCUT2D eigenvalue weighted by Crippen LogP contribution is -2.43. The van der Waals surface area contributed by atoms with Crippen molar-refractivity contribution in [3.8, 4) is 0 Å². The number of nitrogens with one attached hydrogen (secondary N) is 2. The molecule has 0 bridgehead atoms. The molecule has 2 N–H and O–H groups in total. The molecule has 1 amide bonds. The number of rotatable bonds is 5. The number of hydrogen-bond donors (Lipinski definition) is 2. The van der Waals surface area contributed by atoms with E-state index in [1.807, 2.05) is 0 Å². The minimum Gasteiger partial charge on any atom is -0.355 e. The number of aryl methyl sites for hydroxylation is 2. The van der Waals surface area contributed by atoms with Gasteiger partial charge in [0.15, 0.2) is 0 Å². The predicted octanol–water partition coefficient (Wildman–Crippen LogP) is 2.19. The van der Waals surface area contributed by atoms with E-state index in [9.17, 15) is 4.79 Å². The third kappa shape index (κ3) is 5.03. The zero-order valence-corrected chi connectivity index (χ0v) is 11.7. The average molecular weight is 260 g/mol. The summed E-state index contributed by atoms with van der Waals surface area (Å²) in [5.74, 6) is 0.160. The second-order valence-electron chi connectivity index (χ2n) is 5.44. The van der Waals surface area contributed by atoms with Crippen LogP contribution in [0.3, 0.4) is 0 Å². The minimum atomic E-state index is 0.160. The fourth-order valence-corrected chi connectivity index (χ4v) is 2.44. The molecule has 1 aliphatic heterocycles. The smallest absolute Gasteiger partial charge is 0.220 e. The van der Waals surface area contributed by atoms with Crippen molar-refractivity contribution in [2.75, 3.05) is 13.1 Å². The largest absolute Gasteiger partial charge is 0.355 e. The Balaban J connectivity index is 1.65. The van der Waals surface area contributed by atoms with Crippen molar-refractivity contribution in [1.82, 2.24) is 10.6 Å². The van der Waals surface area contributed by atoms with E-state index in [4.69, 9.17) is 0 Å². The minimum absolute atomic E-state index is 0.160. The molecule has 1 fully saturated rings. The molecule has 1 saturated heterocycles. The van der Waals surface area contributed by atoms with Crippen molar-refractivity contribution < 1.29 is 4.79 Å². The zero-order valence-electron chi connectivity index (χ0n) is 11.7. The Morgan fingerprint density at radius 2 is 2.11 bits per heavy atom. The number of carbonyl (C=O) groups excluding carboxylic acids is 1. The quantitative estimate of drug-likeness (QED) is 0.852. The van der Waals surface area contributed by atoms with E-state index in [0.717, 1.165) is 19.5 Å². The molecule has 1 heterocycles. The standard InChI is InChI=1S/C16H24N2O/c1-13-5-7-14(8-6-13)9-10-16(19)18-12-15-4-2-3-11-17-15/h5-8,15,17H,2-4,9-12H2,1H3,(H,18,19). The number of piperidine rings is 1. The van der Waals surface area contributed by atoms with Crippen molar-refractivity contribution in [3.63, 3.8) is 0 Å². The van der Waals surface area contributed by atoms with Crippen molar-refractivity contribution >= 4 is 5.91 Å². The fraction of sp³-hybridized carbons (Fsp3) is 0.562. The van der Waals surface area contributed by atoms with Crippen LogP contribution < -0.4 is 10.6 Å². The van der Waals surface area contributed by atoms with E-state index in [-0.39, 0.29) is 5.91 Å². The van der Waals surface area contributed by atoms with Gasteiger partial charge >= 0.3 is 0 Å². The maximum absolute atomic E-state index is 11.8. The van der Waals surface area contributed by atoms with Crippen molar-refractivity contribution in [1.29, 1.82) is 0 Å². The van der Waals surface area contributed by atoms with E-state index < -0.39 is 0 Å². The summed E-state index contributed by atoms with van der Waals surface area (Å²) in [5.41, 5.74) is 2.49. The van der Waals surface area contributed by atoms with Crippen LogP contribution in [0.4, 0.5) is 0 Å². The highest BCUT2D eigenvalue weighted by molar-refractivity contribution is 5.76. The fourth-order valence-electron chi connectivity index (χ4n) is 2.44. The Labute approximate surface area is 115 Å². The molecular weight excluding hydrogens is 236 g/mol. The molecular formula is C16H24N2O. The van der Waals surface area contributed by atoms with Gasteiger partial charge in [-0.25, -0.2) is 0 Å². The van der Waals surface area contributed by atoms with Gasteiger partial charge in [-0.3, -0.25) is 4.79 Å². The Bertz CT molecular complexity index is 394. The van der Waals surface area contributed by atoms with E-state index in [0.29, 0.717) is 12.5 Å². The summed E-state index contributed by atoms with van der Waals surface area (Å²) in [5, 5.41) is 6.47. The lowest BCUT2D eigenvalue weighted by Gasteiger charge is -2.23. The number of carbonyl (C=O) groups is 1. The third-order valence-corrected chi connectivity index (χ3v) is 3.72. The van der Waals surface area contributed by atoms with Crippen molar-refractivity contribution in [3.05, 3.63) is 35.4 Å². The zero-order chi connectivity index (χ0) is 13.5. The maximum Gasteiger partial charge on any atom is 0.220 e. The summed E-state index contributed by atoms with van der Waals surface area (Å²) in [6.45, 7) is 3.93. The molecule has 1 aliphatic rings. The molecule has 0 aromatic heterocycles. The maximum atomic E-state index is 11.8. The van der Waals surface area contributed by atoms with Gasteiger partial charge in [-0.2, -0.15) is 0 Å². The number of hydrogen-bond acceptors (Lipinski definition) is 2. The van der Waals surface area contributed by atoms with Crippen LogP contribution in [-0.4, -0.2) is 25.0 Å². The number of benzene rings is 1. The Morgan fingerprint density at radius 1 is 1.32 bits per heavy atom. The molecule has 0 aliphatic carbocycles. The molecule has 3 heteroatoms. The molecule has 0 saturated carbocycles. The SMILES string of the molecule is Cc1ccc(CCC(=O)NCC2CCCCN2)cc1. The van der Waals surface area contributed by atoms with Gasteiger partial charge in [0.25, 0.3) is 0 Å². The Morgan fingerprint density at radius 3 is 2.79 bits per heavy atom. The second-order valence-corrected chi connectivity index (χ2v) is 5.44. The average Bonchev–Trinajstić information content (AvgIpc) is 2.45. The van der Waals surface area contributed by atoms with Crippen LogP contribution in [-0.2, 0) is 11.2 Å². The van der Waals surface area contributed by atoms with Gasteiger partial charge in [0.05, 0.1) is 0 Å². The van der Waals surface area contributed by atoms with E-state index in [2.05, 4.69) is 41.8 Å². The van der Waals surface area contributed by atoms with Crippen molar-refractivity contribution in [2.24, 2.45) is 0 Å². The van der Waals surface area contributed by atoms with Crippen LogP contribution in [0.15, 0.2) is 24.3 Å². The summed E-state index contributed by atoms with van der Waals surface area (Å²) in [4.78, 5) is 11.8. The van der Waals surface area contributed by atoms with Gasteiger partial charge in [0.2, 0.25) is 5.91 Å². The summed E-state index contributed by atoms with van der Waals surface area (Å²) < 4.78 is 0. The molecule has 104 valence electrons. The van der Waals surface area contributed by atoms with Crippen LogP contribution in [0.1, 0.15) is 36.8 Å². The van der Waals surface area contributed by atoms with Crippen molar-refractivity contribution in [2.45, 2.75) is 45.1 Å². The predicted molar refractivity (Wildman–Crippen MR) is 78.2 cm³/mol. The summed E-state index contributed by atoms with van der Waals surface area (Å²) in [7, 11) is 0. The van der Waals surface area contributed by atoms with E-state index in [1.165, 1.54) is 30.4 Å². The molecule has 2 rings (SSSR count). The highest BCUT2D eigenvalue weighted by Crippen LogP contribution is 2.07. The first-order valence-corrected chi connectivity index (χ1v) is 7.29. The van der Waals surface area contributed by atoms with Gasteiger partial charge in [-0.05, 0) is 38.3 Å². The lowest BCUT2D eigenvalue weighted by atomic mass is 10.0. The summed E-state index contributed by atoms with van der Waals surface area (Å²) >= 11 is 0. The van der Waals surface area contributed by atoms with Gasteiger partial charge in [0, 0.05) is 19.0 Å². The first-order chi connectivity index (χ1) is 9.24. The molecule has 1 atom stereocenters. The van der Waals surface area contributed by atoms with Gasteiger partial charge < -0.3 is 10.6 Å². The first-order valence-electron chi connectivity index (χ1n) is 7.29. The summed E-state index contributed by atoms with van der Waals surface area (Å²) in [6, 6.07) is 8.87. The Kier molecular flexibility index (Phi) is 5.40. The first kappa shape index (κ1) is 14.1. The highest BCUT2D eigenvalue weighted by Gasteiger charge is 2.13. The van der Waals surface area contributed by atoms with Crippen LogP contribution in [0.5, 0.6) is 0 Å².